The molecule has 0 spiro atoms. The van der Waals surface area contributed by atoms with Crippen LogP contribution in [0, 0.1) is 6.92 Å². The van der Waals surface area contributed by atoms with Crippen LogP contribution in [-0.4, -0.2) is 32.2 Å². The van der Waals surface area contributed by atoms with Gasteiger partial charge >= 0.3 is 0 Å². The number of para-hydroxylation sites is 1. The Hall–Kier alpha value is -2.54. The minimum Gasteiger partial charge on any atom is -0.487 e. The van der Waals surface area contributed by atoms with Gasteiger partial charge in [0.1, 0.15) is 17.4 Å². The maximum atomic E-state index is 13.1. The molecule has 0 aliphatic carbocycles. The lowest BCUT2D eigenvalue weighted by atomic mass is 9.89. The van der Waals surface area contributed by atoms with E-state index >= 15 is 0 Å². The molecule has 2 atom stereocenters. The third-order valence-corrected chi connectivity index (χ3v) is 6.28. The molecule has 1 N–H and O–H groups in total. The number of carbonyl (C=O) groups excluding carboxylic acids is 1. The van der Waals surface area contributed by atoms with E-state index < -0.39 is 21.7 Å². The summed E-state index contributed by atoms with van der Waals surface area (Å²) in [5.74, 6) is 0.391. The molecule has 0 aromatic heterocycles. The van der Waals surface area contributed by atoms with Crippen molar-refractivity contribution in [3.63, 3.8) is 0 Å². The SMILES string of the molecule is Cc1ccc2c(c1)[C@H](NC(=O)[C@H](C)N(c1ccccc1)S(C)(=O)=O)CC(C)(C)O2. The second kappa shape index (κ2) is 7.71. The molecule has 1 aliphatic rings. The van der Waals surface area contributed by atoms with Crippen molar-refractivity contribution in [1.82, 2.24) is 5.32 Å². The van der Waals surface area contributed by atoms with Crippen LogP contribution in [0.2, 0.25) is 0 Å². The summed E-state index contributed by atoms with van der Waals surface area (Å²) < 4.78 is 32.1. The van der Waals surface area contributed by atoms with Crippen LogP contribution in [0.3, 0.4) is 0 Å². The molecule has 0 unspecified atom stereocenters. The Kier molecular flexibility index (Phi) is 5.63. The Morgan fingerprint density at radius 2 is 1.86 bits per heavy atom. The van der Waals surface area contributed by atoms with Crippen molar-refractivity contribution < 1.29 is 17.9 Å². The van der Waals surface area contributed by atoms with Gasteiger partial charge in [-0.3, -0.25) is 9.10 Å². The molecule has 2 aromatic carbocycles. The van der Waals surface area contributed by atoms with Crippen molar-refractivity contribution in [3.05, 3.63) is 59.7 Å². The summed E-state index contributed by atoms with van der Waals surface area (Å²) in [5, 5.41) is 3.05. The number of hydrogen-bond acceptors (Lipinski definition) is 4. The molecular weight excluding hydrogens is 388 g/mol. The summed E-state index contributed by atoms with van der Waals surface area (Å²) >= 11 is 0. The second-order valence-corrected chi connectivity index (χ2v) is 10.1. The van der Waals surface area contributed by atoms with Gasteiger partial charge in [-0.2, -0.15) is 0 Å². The smallest absolute Gasteiger partial charge is 0.244 e. The van der Waals surface area contributed by atoms with E-state index in [1.807, 2.05) is 39.0 Å². The van der Waals surface area contributed by atoms with Gasteiger partial charge in [0, 0.05) is 12.0 Å². The number of sulfonamides is 1. The van der Waals surface area contributed by atoms with Crippen LogP contribution in [0.25, 0.3) is 0 Å². The number of nitrogens with one attached hydrogen (secondary N) is 1. The monoisotopic (exact) mass is 416 g/mol. The second-order valence-electron chi connectivity index (χ2n) is 8.24. The van der Waals surface area contributed by atoms with Crippen LogP contribution in [0.15, 0.2) is 48.5 Å². The molecule has 0 radical (unpaired) electrons. The number of amides is 1. The zero-order valence-electron chi connectivity index (χ0n) is 17.5. The largest absolute Gasteiger partial charge is 0.487 e. The van der Waals surface area contributed by atoms with Gasteiger partial charge in [0.15, 0.2) is 0 Å². The molecule has 0 fully saturated rings. The number of ether oxygens (including phenoxy) is 1. The molecule has 3 rings (SSSR count). The van der Waals surface area contributed by atoms with Crippen molar-refractivity contribution in [2.45, 2.75) is 51.8 Å². The number of hydrogen-bond donors (Lipinski definition) is 1. The first kappa shape index (κ1) is 21.2. The topological polar surface area (TPSA) is 75.7 Å². The fourth-order valence-electron chi connectivity index (χ4n) is 3.78. The van der Waals surface area contributed by atoms with E-state index in [9.17, 15) is 13.2 Å². The number of rotatable bonds is 5. The first-order valence-corrected chi connectivity index (χ1v) is 11.5. The number of fused-ring (bicyclic) bond motifs is 1. The Morgan fingerprint density at radius 3 is 2.48 bits per heavy atom. The summed E-state index contributed by atoms with van der Waals surface area (Å²) in [4.78, 5) is 13.1. The Morgan fingerprint density at radius 1 is 1.21 bits per heavy atom. The van der Waals surface area contributed by atoms with E-state index in [0.29, 0.717) is 12.1 Å². The first-order chi connectivity index (χ1) is 13.5. The van der Waals surface area contributed by atoms with Crippen molar-refractivity contribution in [3.8, 4) is 5.75 Å². The number of benzene rings is 2. The Labute approximate surface area is 172 Å². The standard InChI is InChI=1S/C22H28N2O4S/c1-15-11-12-20-18(13-15)19(14-22(3,4)28-20)23-21(25)16(2)24(29(5,26)27)17-9-7-6-8-10-17/h6-13,16,19H,14H2,1-5H3,(H,23,25)/t16-,19+/m0/s1. The lowest BCUT2D eigenvalue weighted by Gasteiger charge is -2.39. The fourth-order valence-corrected chi connectivity index (χ4v) is 4.95. The summed E-state index contributed by atoms with van der Waals surface area (Å²) in [6.07, 6.45) is 1.70. The fraction of sp³-hybridized carbons (Fsp3) is 0.409. The maximum absolute atomic E-state index is 13.1. The molecular formula is C22H28N2O4S. The molecule has 29 heavy (non-hydrogen) atoms. The summed E-state index contributed by atoms with van der Waals surface area (Å²) in [7, 11) is -3.65. The van der Waals surface area contributed by atoms with Crippen molar-refractivity contribution in [2.75, 3.05) is 10.6 Å². The van der Waals surface area contributed by atoms with Crippen molar-refractivity contribution >= 4 is 21.6 Å². The lowest BCUT2D eigenvalue weighted by molar-refractivity contribution is -0.123. The molecule has 1 aliphatic heterocycles. The highest BCUT2D eigenvalue weighted by molar-refractivity contribution is 7.92. The van der Waals surface area contributed by atoms with Gasteiger partial charge in [0.05, 0.1) is 18.0 Å². The summed E-state index contributed by atoms with van der Waals surface area (Å²) in [6, 6.07) is 13.4. The maximum Gasteiger partial charge on any atom is 0.244 e. The van der Waals surface area contributed by atoms with Crippen molar-refractivity contribution in [2.24, 2.45) is 0 Å². The van der Waals surface area contributed by atoms with Gasteiger partial charge in [0.25, 0.3) is 0 Å². The average molecular weight is 417 g/mol. The van der Waals surface area contributed by atoms with E-state index in [-0.39, 0.29) is 11.9 Å². The van der Waals surface area contributed by atoms with E-state index in [0.717, 1.165) is 27.4 Å². The van der Waals surface area contributed by atoms with Gasteiger partial charge < -0.3 is 10.1 Å². The van der Waals surface area contributed by atoms with Crippen LogP contribution in [-0.2, 0) is 14.8 Å². The molecule has 0 saturated heterocycles. The number of aryl methyl sites for hydroxylation is 1. The van der Waals surface area contributed by atoms with Crippen LogP contribution in [0.1, 0.15) is 44.4 Å². The van der Waals surface area contributed by atoms with Crippen LogP contribution in [0.5, 0.6) is 5.75 Å². The molecule has 1 amide bonds. The molecule has 1 heterocycles. The quantitative estimate of drug-likeness (QED) is 0.809. The zero-order valence-corrected chi connectivity index (χ0v) is 18.3. The lowest BCUT2D eigenvalue weighted by Crippen LogP contribution is -2.50. The molecule has 156 valence electrons. The highest BCUT2D eigenvalue weighted by Crippen LogP contribution is 2.40. The van der Waals surface area contributed by atoms with Gasteiger partial charge in [-0.05, 0) is 45.9 Å². The Bertz CT molecular complexity index is 1000. The van der Waals surface area contributed by atoms with Gasteiger partial charge in [-0.15, -0.1) is 0 Å². The van der Waals surface area contributed by atoms with Crippen LogP contribution < -0.4 is 14.4 Å². The first-order valence-electron chi connectivity index (χ1n) is 9.62. The minimum atomic E-state index is -3.65. The highest BCUT2D eigenvalue weighted by Gasteiger charge is 2.37. The van der Waals surface area contributed by atoms with Gasteiger partial charge in [0.2, 0.25) is 15.9 Å². The highest BCUT2D eigenvalue weighted by atomic mass is 32.2. The van der Waals surface area contributed by atoms with E-state index in [2.05, 4.69) is 5.32 Å². The van der Waals surface area contributed by atoms with Crippen molar-refractivity contribution in [1.29, 1.82) is 0 Å². The van der Waals surface area contributed by atoms with Gasteiger partial charge in [-0.1, -0.05) is 35.9 Å². The van der Waals surface area contributed by atoms with E-state index in [1.165, 1.54) is 0 Å². The zero-order chi connectivity index (χ0) is 21.4. The molecule has 6 nitrogen and oxygen atoms in total. The van der Waals surface area contributed by atoms with E-state index in [4.69, 9.17) is 4.74 Å². The third-order valence-electron chi connectivity index (χ3n) is 5.04. The predicted molar refractivity (Wildman–Crippen MR) is 115 cm³/mol. The van der Waals surface area contributed by atoms with E-state index in [1.54, 1.807) is 37.3 Å². The predicted octanol–water partition coefficient (Wildman–Crippen LogP) is 3.57. The van der Waals surface area contributed by atoms with Gasteiger partial charge in [-0.25, -0.2) is 8.42 Å². The molecule has 0 bridgehead atoms. The van der Waals surface area contributed by atoms with Crippen LogP contribution in [0.4, 0.5) is 5.69 Å². The molecule has 2 aromatic rings. The minimum absolute atomic E-state index is 0.263. The third kappa shape index (κ3) is 4.72. The Balaban J connectivity index is 1.90. The normalized spacial score (nSPS) is 18.9. The summed E-state index contributed by atoms with van der Waals surface area (Å²) in [6.45, 7) is 7.55. The molecule has 0 saturated carbocycles. The average Bonchev–Trinajstić information content (AvgIpc) is 2.61. The number of anilines is 1. The summed E-state index contributed by atoms with van der Waals surface area (Å²) in [5.41, 5.74) is 2.00. The van der Waals surface area contributed by atoms with Crippen LogP contribution >= 0.6 is 0 Å². The number of carbonyl (C=O) groups is 1. The number of nitrogens with zero attached hydrogens (tertiary/aromatic N) is 1. The molecule has 7 heteroatoms.